The van der Waals surface area contributed by atoms with Gasteiger partial charge in [-0.3, -0.25) is 0 Å². The monoisotopic (exact) mass is 179 g/mol. The summed E-state index contributed by atoms with van der Waals surface area (Å²) < 4.78 is 13.1. The Morgan fingerprint density at radius 3 is 2.62 bits per heavy atom. The summed E-state index contributed by atoms with van der Waals surface area (Å²) in [6.45, 7) is 11.0. The SMILES string of the molecule is C=Cc1[nH]cc(C(C)C)c1C(=C)F. The number of H-pyrrole nitrogens is 1. The first-order chi connectivity index (χ1) is 6.07. The molecule has 13 heavy (non-hydrogen) atoms. The van der Waals surface area contributed by atoms with Crippen molar-refractivity contribution in [2.24, 2.45) is 0 Å². The van der Waals surface area contributed by atoms with E-state index in [9.17, 15) is 4.39 Å². The lowest BCUT2D eigenvalue weighted by Crippen LogP contribution is -1.89. The Balaban J connectivity index is 3.29. The van der Waals surface area contributed by atoms with Gasteiger partial charge in [0.25, 0.3) is 0 Å². The standard InChI is InChI=1S/C11H14FN/c1-5-10-11(8(4)12)9(6-13-10)7(2)3/h5-7,13H,1,4H2,2-3H3. The molecule has 0 saturated heterocycles. The molecule has 0 aromatic carbocycles. The number of rotatable bonds is 3. The van der Waals surface area contributed by atoms with Crippen LogP contribution < -0.4 is 0 Å². The zero-order chi connectivity index (χ0) is 10.0. The lowest BCUT2D eigenvalue weighted by atomic mass is 10.00. The van der Waals surface area contributed by atoms with E-state index in [2.05, 4.69) is 18.1 Å². The Morgan fingerprint density at radius 1 is 1.62 bits per heavy atom. The van der Waals surface area contributed by atoms with Gasteiger partial charge < -0.3 is 4.98 Å². The normalized spacial score (nSPS) is 10.5. The fourth-order valence-electron chi connectivity index (χ4n) is 1.37. The first-order valence-corrected chi connectivity index (χ1v) is 4.26. The Hall–Kier alpha value is -1.31. The highest BCUT2D eigenvalue weighted by atomic mass is 19.1. The molecule has 0 saturated carbocycles. The van der Waals surface area contributed by atoms with E-state index in [0.29, 0.717) is 11.3 Å². The Morgan fingerprint density at radius 2 is 2.23 bits per heavy atom. The summed E-state index contributed by atoms with van der Waals surface area (Å²) in [5.74, 6) is -0.118. The molecule has 1 rings (SSSR count). The van der Waals surface area contributed by atoms with Crippen LogP contribution in [0.2, 0.25) is 0 Å². The summed E-state index contributed by atoms with van der Waals surface area (Å²) in [5.41, 5.74) is 2.21. The van der Waals surface area contributed by atoms with Crippen molar-refractivity contribution >= 4 is 11.9 Å². The summed E-state index contributed by atoms with van der Waals surface area (Å²) in [4.78, 5) is 2.97. The predicted molar refractivity (Wildman–Crippen MR) is 55.1 cm³/mol. The van der Waals surface area contributed by atoms with Crippen molar-refractivity contribution in [3.8, 4) is 0 Å². The number of aromatic amines is 1. The van der Waals surface area contributed by atoms with E-state index in [1.165, 1.54) is 0 Å². The largest absolute Gasteiger partial charge is 0.361 e. The van der Waals surface area contributed by atoms with Crippen LogP contribution in [0, 0.1) is 0 Å². The average molecular weight is 179 g/mol. The zero-order valence-electron chi connectivity index (χ0n) is 8.02. The van der Waals surface area contributed by atoms with Gasteiger partial charge in [-0.1, -0.05) is 27.0 Å². The van der Waals surface area contributed by atoms with Crippen LogP contribution in [0.4, 0.5) is 4.39 Å². The molecule has 0 aliphatic rings. The second-order valence-corrected chi connectivity index (χ2v) is 3.30. The first kappa shape index (κ1) is 9.78. The van der Waals surface area contributed by atoms with E-state index >= 15 is 0 Å². The van der Waals surface area contributed by atoms with Crippen LogP contribution in [0.1, 0.15) is 36.6 Å². The molecule has 0 spiro atoms. The minimum Gasteiger partial charge on any atom is -0.361 e. The van der Waals surface area contributed by atoms with Crippen LogP contribution in [0.15, 0.2) is 19.4 Å². The van der Waals surface area contributed by atoms with Gasteiger partial charge in [-0.2, -0.15) is 0 Å². The van der Waals surface area contributed by atoms with Crippen LogP contribution in [0.5, 0.6) is 0 Å². The Bertz CT molecular complexity index is 334. The molecule has 0 atom stereocenters. The highest BCUT2D eigenvalue weighted by Crippen LogP contribution is 2.29. The van der Waals surface area contributed by atoms with E-state index in [-0.39, 0.29) is 5.92 Å². The van der Waals surface area contributed by atoms with E-state index < -0.39 is 5.83 Å². The third-order valence-electron chi connectivity index (χ3n) is 2.04. The van der Waals surface area contributed by atoms with E-state index in [0.717, 1.165) is 5.56 Å². The predicted octanol–water partition coefficient (Wildman–Crippen LogP) is 3.72. The lowest BCUT2D eigenvalue weighted by Gasteiger charge is -2.05. The van der Waals surface area contributed by atoms with Crippen LogP contribution >= 0.6 is 0 Å². The maximum absolute atomic E-state index is 13.1. The molecule has 1 heterocycles. The van der Waals surface area contributed by atoms with Crippen LogP contribution in [-0.4, -0.2) is 4.98 Å². The van der Waals surface area contributed by atoms with Gasteiger partial charge >= 0.3 is 0 Å². The van der Waals surface area contributed by atoms with Crippen LogP contribution in [0.3, 0.4) is 0 Å². The number of nitrogens with one attached hydrogen (secondary N) is 1. The smallest absolute Gasteiger partial charge is 0.125 e. The molecular weight excluding hydrogens is 165 g/mol. The Kier molecular flexibility index (Phi) is 2.71. The maximum Gasteiger partial charge on any atom is 0.125 e. The molecule has 0 aliphatic carbocycles. The number of hydrogen-bond donors (Lipinski definition) is 1. The lowest BCUT2D eigenvalue weighted by molar-refractivity contribution is 0.754. The molecule has 0 amide bonds. The van der Waals surface area contributed by atoms with Crippen molar-refractivity contribution in [2.45, 2.75) is 19.8 Å². The molecule has 1 N–H and O–H groups in total. The quantitative estimate of drug-likeness (QED) is 0.727. The van der Waals surface area contributed by atoms with Gasteiger partial charge in [0, 0.05) is 17.5 Å². The van der Waals surface area contributed by atoms with Crippen molar-refractivity contribution < 1.29 is 4.39 Å². The second-order valence-electron chi connectivity index (χ2n) is 3.30. The number of hydrogen-bond acceptors (Lipinski definition) is 0. The average Bonchev–Trinajstić information content (AvgIpc) is 2.46. The summed E-state index contributed by atoms with van der Waals surface area (Å²) in [6, 6.07) is 0. The first-order valence-electron chi connectivity index (χ1n) is 4.26. The fraction of sp³-hybridized carbons (Fsp3) is 0.273. The molecule has 1 aromatic rings. The van der Waals surface area contributed by atoms with Gasteiger partial charge in [0.2, 0.25) is 0 Å². The second kappa shape index (κ2) is 3.60. The van der Waals surface area contributed by atoms with E-state index in [1.807, 2.05) is 20.0 Å². The highest BCUT2D eigenvalue weighted by Gasteiger charge is 2.14. The van der Waals surface area contributed by atoms with Gasteiger partial charge in [-0.05, 0) is 17.6 Å². The summed E-state index contributed by atoms with van der Waals surface area (Å²) >= 11 is 0. The van der Waals surface area contributed by atoms with Crippen molar-refractivity contribution in [1.29, 1.82) is 0 Å². The van der Waals surface area contributed by atoms with Crippen molar-refractivity contribution in [3.05, 3.63) is 36.2 Å². The third-order valence-corrected chi connectivity index (χ3v) is 2.04. The van der Waals surface area contributed by atoms with Crippen LogP contribution in [0.25, 0.3) is 11.9 Å². The van der Waals surface area contributed by atoms with E-state index in [1.54, 1.807) is 6.08 Å². The fourth-order valence-corrected chi connectivity index (χ4v) is 1.37. The van der Waals surface area contributed by atoms with Gasteiger partial charge in [-0.15, -0.1) is 0 Å². The van der Waals surface area contributed by atoms with Crippen LogP contribution in [-0.2, 0) is 0 Å². The van der Waals surface area contributed by atoms with Gasteiger partial charge in [0.15, 0.2) is 0 Å². The molecule has 2 heteroatoms. The zero-order valence-corrected chi connectivity index (χ0v) is 8.02. The molecule has 0 bridgehead atoms. The summed E-state index contributed by atoms with van der Waals surface area (Å²) in [7, 11) is 0. The number of halogens is 1. The number of aromatic nitrogens is 1. The molecule has 0 radical (unpaired) electrons. The van der Waals surface area contributed by atoms with Crippen molar-refractivity contribution in [3.63, 3.8) is 0 Å². The molecule has 1 nitrogen and oxygen atoms in total. The molecular formula is C11H14FN. The summed E-state index contributed by atoms with van der Waals surface area (Å²) in [6.07, 6.45) is 3.41. The summed E-state index contributed by atoms with van der Waals surface area (Å²) in [5, 5.41) is 0. The Labute approximate surface area is 78.0 Å². The van der Waals surface area contributed by atoms with Gasteiger partial charge in [0.05, 0.1) is 0 Å². The minimum atomic E-state index is -0.403. The maximum atomic E-state index is 13.1. The van der Waals surface area contributed by atoms with Crippen molar-refractivity contribution in [2.75, 3.05) is 0 Å². The molecule has 1 aromatic heterocycles. The van der Waals surface area contributed by atoms with E-state index in [4.69, 9.17) is 0 Å². The highest BCUT2D eigenvalue weighted by molar-refractivity contribution is 5.70. The molecule has 0 aliphatic heterocycles. The minimum absolute atomic E-state index is 0.285. The molecule has 0 fully saturated rings. The van der Waals surface area contributed by atoms with Crippen molar-refractivity contribution in [1.82, 2.24) is 4.98 Å². The van der Waals surface area contributed by atoms with Gasteiger partial charge in [0.1, 0.15) is 5.83 Å². The van der Waals surface area contributed by atoms with Gasteiger partial charge in [-0.25, -0.2) is 4.39 Å². The topological polar surface area (TPSA) is 15.8 Å². The molecule has 0 unspecified atom stereocenters. The third kappa shape index (κ3) is 1.72. The molecule has 70 valence electrons.